The van der Waals surface area contributed by atoms with Crippen LogP contribution in [0.15, 0.2) is 48.5 Å². The molecule has 24 heavy (non-hydrogen) atoms. The lowest BCUT2D eigenvalue weighted by molar-refractivity contribution is -0.116. The summed E-state index contributed by atoms with van der Waals surface area (Å²) in [4.78, 5) is 14.5. The van der Waals surface area contributed by atoms with Crippen molar-refractivity contribution in [2.45, 2.75) is 32.9 Å². The van der Waals surface area contributed by atoms with Gasteiger partial charge in [-0.05, 0) is 37.6 Å². The fourth-order valence-corrected chi connectivity index (χ4v) is 2.68. The molecule has 2 aromatic rings. The standard InChI is InChI=1S/C19H22Cl2N2O/c1-14(2)23(13-15-6-4-3-5-7-15)11-10-19(24)22-16-8-9-17(20)18(21)12-16/h3-9,12,14H,10-11,13H2,1-2H3,(H,22,24). The number of amides is 1. The van der Waals surface area contributed by atoms with Gasteiger partial charge in [-0.3, -0.25) is 9.69 Å². The average molecular weight is 365 g/mol. The fourth-order valence-electron chi connectivity index (χ4n) is 2.38. The van der Waals surface area contributed by atoms with E-state index in [0.717, 1.165) is 6.54 Å². The molecule has 0 aromatic heterocycles. The van der Waals surface area contributed by atoms with Crippen LogP contribution in [0.2, 0.25) is 10.0 Å². The molecule has 1 amide bonds. The van der Waals surface area contributed by atoms with Crippen LogP contribution in [-0.4, -0.2) is 23.4 Å². The number of nitrogens with zero attached hydrogens (tertiary/aromatic N) is 1. The topological polar surface area (TPSA) is 32.3 Å². The predicted octanol–water partition coefficient (Wildman–Crippen LogP) is 5.23. The lowest BCUT2D eigenvalue weighted by atomic mass is 10.2. The molecule has 0 fully saturated rings. The van der Waals surface area contributed by atoms with Gasteiger partial charge in [-0.2, -0.15) is 0 Å². The number of carbonyl (C=O) groups excluding carboxylic acids is 1. The first-order valence-electron chi connectivity index (χ1n) is 7.98. The molecule has 3 nitrogen and oxygen atoms in total. The maximum absolute atomic E-state index is 12.2. The van der Waals surface area contributed by atoms with E-state index in [1.54, 1.807) is 18.2 Å². The molecule has 0 bridgehead atoms. The number of halogens is 2. The summed E-state index contributed by atoms with van der Waals surface area (Å²) in [5.41, 5.74) is 1.91. The van der Waals surface area contributed by atoms with Gasteiger partial charge in [-0.25, -0.2) is 0 Å². The molecule has 0 aliphatic heterocycles. The van der Waals surface area contributed by atoms with Gasteiger partial charge in [0.2, 0.25) is 5.91 Å². The Kier molecular flexibility index (Phi) is 7.10. The summed E-state index contributed by atoms with van der Waals surface area (Å²) < 4.78 is 0. The fraction of sp³-hybridized carbons (Fsp3) is 0.316. The number of rotatable bonds is 7. The van der Waals surface area contributed by atoms with Crippen LogP contribution in [0.3, 0.4) is 0 Å². The summed E-state index contributed by atoms with van der Waals surface area (Å²) in [5.74, 6) is -0.0351. The van der Waals surface area contributed by atoms with Crippen molar-refractivity contribution in [3.63, 3.8) is 0 Å². The maximum Gasteiger partial charge on any atom is 0.225 e. The molecular formula is C19H22Cl2N2O. The summed E-state index contributed by atoms with van der Waals surface area (Å²) in [6.45, 7) is 5.80. The molecule has 0 unspecified atom stereocenters. The molecule has 2 rings (SSSR count). The lowest BCUT2D eigenvalue weighted by Gasteiger charge is -2.26. The third-order valence-electron chi connectivity index (χ3n) is 3.79. The van der Waals surface area contributed by atoms with Gasteiger partial charge < -0.3 is 5.32 Å². The predicted molar refractivity (Wildman–Crippen MR) is 102 cm³/mol. The third kappa shape index (κ3) is 5.82. The van der Waals surface area contributed by atoms with Gasteiger partial charge >= 0.3 is 0 Å². The van der Waals surface area contributed by atoms with Gasteiger partial charge in [-0.1, -0.05) is 53.5 Å². The molecule has 1 N–H and O–H groups in total. The smallest absolute Gasteiger partial charge is 0.225 e. The van der Waals surface area contributed by atoms with E-state index < -0.39 is 0 Å². The minimum Gasteiger partial charge on any atom is -0.326 e. The minimum atomic E-state index is -0.0351. The van der Waals surface area contributed by atoms with E-state index >= 15 is 0 Å². The third-order valence-corrected chi connectivity index (χ3v) is 4.53. The van der Waals surface area contributed by atoms with Crippen LogP contribution in [0.4, 0.5) is 5.69 Å². The number of nitrogens with one attached hydrogen (secondary N) is 1. The normalized spacial score (nSPS) is 11.1. The molecule has 0 aliphatic rings. The van der Waals surface area contributed by atoms with Crippen LogP contribution < -0.4 is 5.32 Å². The van der Waals surface area contributed by atoms with Crippen molar-refractivity contribution in [2.24, 2.45) is 0 Å². The van der Waals surface area contributed by atoms with Crippen molar-refractivity contribution in [1.82, 2.24) is 4.90 Å². The second-order valence-corrected chi connectivity index (χ2v) is 6.79. The Hall–Kier alpha value is -1.55. The molecular weight excluding hydrogens is 343 g/mol. The Morgan fingerprint density at radius 2 is 1.79 bits per heavy atom. The first-order chi connectivity index (χ1) is 11.5. The van der Waals surface area contributed by atoms with E-state index in [1.807, 2.05) is 18.2 Å². The van der Waals surface area contributed by atoms with E-state index in [2.05, 4.69) is 36.2 Å². The van der Waals surface area contributed by atoms with Crippen LogP contribution in [0.5, 0.6) is 0 Å². The Balaban J connectivity index is 1.89. The number of hydrogen-bond donors (Lipinski definition) is 1. The van der Waals surface area contributed by atoms with Crippen molar-refractivity contribution < 1.29 is 4.79 Å². The molecule has 5 heteroatoms. The van der Waals surface area contributed by atoms with Crippen molar-refractivity contribution >= 4 is 34.8 Å². The van der Waals surface area contributed by atoms with Gasteiger partial charge in [0.05, 0.1) is 10.0 Å². The Morgan fingerprint density at radius 1 is 1.08 bits per heavy atom. The van der Waals surface area contributed by atoms with Crippen molar-refractivity contribution in [1.29, 1.82) is 0 Å². The maximum atomic E-state index is 12.2. The van der Waals surface area contributed by atoms with E-state index in [1.165, 1.54) is 5.56 Å². The summed E-state index contributed by atoms with van der Waals surface area (Å²) in [5, 5.41) is 3.77. The van der Waals surface area contributed by atoms with E-state index in [9.17, 15) is 4.79 Å². The van der Waals surface area contributed by atoms with Crippen molar-refractivity contribution in [2.75, 3.05) is 11.9 Å². The average Bonchev–Trinajstić information content (AvgIpc) is 2.55. The quantitative estimate of drug-likeness (QED) is 0.728. The molecule has 0 saturated carbocycles. The van der Waals surface area contributed by atoms with E-state index in [0.29, 0.717) is 34.7 Å². The van der Waals surface area contributed by atoms with Gasteiger partial charge in [0, 0.05) is 31.2 Å². The Bertz CT molecular complexity index is 674. The molecule has 128 valence electrons. The summed E-state index contributed by atoms with van der Waals surface area (Å²) >= 11 is 11.8. The van der Waals surface area contributed by atoms with Gasteiger partial charge in [0.1, 0.15) is 0 Å². The van der Waals surface area contributed by atoms with E-state index in [-0.39, 0.29) is 5.91 Å². The summed E-state index contributed by atoms with van der Waals surface area (Å²) in [6.07, 6.45) is 0.422. The minimum absolute atomic E-state index is 0.0351. The van der Waals surface area contributed by atoms with Crippen LogP contribution in [0, 0.1) is 0 Å². The van der Waals surface area contributed by atoms with Crippen LogP contribution in [-0.2, 0) is 11.3 Å². The monoisotopic (exact) mass is 364 g/mol. The highest BCUT2D eigenvalue weighted by atomic mass is 35.5. The Morgan fingerprint density at radius 3 is 2.42 bits per heavy atom. The highest BCUT2D eigenvalue weighted by molar-refractivity contribution is 6.42. The van der Waals surface area contributed by atoms with Gasteiger partial charge in [0.15, 0.2) is 0 Å². The highest BCUT2D eigenvalue weighted by Gasteiger charge is 2.13. The van der Waals surface area contributed by atoms with Crippen molar-refractivity contribution in [3.8, 4) is 0 Å². The Labute approximate surface area is 153 Å². The largest absolute Gasteiger partial charge is 0.326 e. The number of hydrogen-bond acceptors (Lipinski definition) is 2. The van der Waals surface area contributed by atoms with Crippen LogP contribution >= 0.6 is 23.2 Å². The van der Waals surface area contributed by atoms with Crippen LogP contribution in [0.25, 0.3) is 0 Å². The van der Waals surface area contributed by atoms with E-state index in [4.69, 9.17) is 23.2 Å². The SMILES string of the molecule is CC(C)N(CCC(=O)Nc1ccc(Cl)c(Cl)c1)Cc1ccccc1. The first kappa shape index (κ1) is 18.8. The highest BCUT2D eigenvalue weighted by Crippen LogP contribution is 2.25. The molecule has 0 saturated heterocycles. The molecule has 0 spiro atoms. The second kappa shape index (κ2) is 9.07. The molecule has 0 atom stereocenters. The molecule has 0 aliphatic carbocycles. The molecule has 0 heterocycles. The zero-order valence-electron chi connectivity index (χ0n) is 13.9. The van der Waals surface area contributed by atoms with Crippen molar-refractivity contribution in [3.05, 3.63) is 64.1 Å². The number of carbonyl (C=O) groups is 1. The number of anilines is 1. The number of benzene rings is 2. The zero-order chi connectivity index (χ0) is 17.5. The second-order valence-electron chi connectivity index (χ2n) is 5.98. The summed E-state index contributed by atoms with van der Waals surface area (Å²) in [7, 11) is 0. The molecule has 2 aromatic carbocycles. The van der Waals surface area contributed by atoms with Gasteiger partial charge in [-0.15, -0.1) is 0 Å². The first-order valence-corrected chi connectivity index (χ1v) is 8.74. The van der Waals surface area contributed by atoms with Gasteiger partial charge in [0.25, 0.3) is 0 Å². The zero-order valence-corrected chi connectivity index (χ0v) is 15.4. The summed E-state index contributed by atoms with van der Waals surface area (Å²) in [6, 6.07) is 15.7. The van der Waals surface area contributed by atoms with Crippen LogP contribution in [0.1, 0.15) is 25.8 Å². The molecule has 0 radical (unpaired) electrons. The lowest BCUT2D eigenvalue weighted by Crippen LogP contribution is -2.33.